The molecule has 1 aliphatic rings. The first-order chi connectivity index (χ1) is 13.7. The number of hydrogen-bond acceptors (Lipinski definition) is 5. The van der Waals surface area contributed by atoms with Crippen molar-refractivity contribution in [1.29, 1.82) is 0 Å². The molecule has 0 atom stereocenters. The average Bonchev–Trinajstić information content (AvgIpc) is 3.14. The fourth-order valence-electron chi connectivity index (χ4n) is 3.60. The zero-order valence-corrected chi connectivity index (χ0v) is 16.9. The molecule has 0 saturated carbocycles. The van der Waals surface area contributed by atoms with Gasteiger partial charge in [0.1, 0.15) is 5.75 Å². The molecule has 0 spiro atoms. The van der Waals surface area contributed by atoms with Crippen LogP contribution in [-0.4, -0.2) is 36.6 Å². The molecule has 1 aromatic heterocycles. The fraction of sp³-hybridized carbons (Fsp3) is 0.261. The predicted molar refractivity (Wildman–Crippen MR) is 118 cm³/mol. The van der Waals surface area contributed by atoms with Crippen molar-refractivity contribution in [2.24, 2.45) is 0 Å². The van der Waals surface area contributed by atoms with Crippen molar-refractivity contribution in [3.63, 3.8) is 0 Å². The third kappa shape index (κ3) is 4.26. The summed E-state index contributed by atoms with van der Waals surface area (Å²) in [5.41, 5.74) is 10.9. The Morgan fingerprint density at radius 3 is 2.54 bits per heavy atom. The van der Waals surface area contributed by atoms with Crippen molar-refractivity contribution in [3.8, 4) is 17.0 Å². The summed E-state index contributed by atoms with van der Waals surface area (Å²) >= 11 is 1.60. The highest BCUT2D eigenvalue weighted by atomic mass is 32.1. The minimum atomic E-state index is 0.630. The van der Waals surface area contributed by atoms with Gasteiger partial charge in [0.05, 0.1) is 12.8 Å². The minimum Gasteiger partial charge on any atom is -0.497 e. The van der Waals surface area contributed by atoms with Crippen LogP contribution in [0.1, 0.15) is 16.9 Å². The zero-order valence-electron chi connectivity index (χ0n) is 16.1. The van der Waals surface area contributed by atoms with Gasteiger partial charge in [-0.15, -0.1) is 11.3 Å². The van der Waals surface area contributed by atoms with E-state index in [0.29, 0.717) is 5.13 Å². The van der Waals surface area contributed by atoms with Gasteiger partial charge in [-0.2, -0.15) is 0 Å². The van der Waals surface area contributed by atoms with Crippen molar-refractivity contribution < 1.29 is 4.74 Å². The lowest BCUT2D eigenvalue weighted by Crippen LogP contribution is -2.30. The molecule has 4 nitrogen and oxygen atoms in total. The number of benzene rings is 2. The van der Waals surface area contributed by atoms with Crippen LogP contribution in [0, 0.1) is 0 Å². The average molecular weight is 392 g/mol. The van der Waals surface area contributed by atoms with Crippen LogP contribution in [-0.2, 0) is 6.42 Å². The summed E-state index contributed by atoms with van der Waals surface area (Å²) in [7, 11) is 1.68. The molecule has 0 unspecified atom stereocenters. The third-order valence-corrected chi connectivity index (χ3v) is 6.11. The second-order valence-corrected chi connectivity index (χ2v) is 8.06. The molecule has 0 radical (unpaired) electrons. The van der Waals surface area contributed by atoms with Crippen molar-refractivity contribution in [2.75, 3.05) is 32.5 Å². The smallest absolute Gasteiger partial charge is 0.180 e. The van der Waals surface area contributed by atoms with E-state index in [9.17, 15) is 0 Å². The Kier molecular flexibility index (Phi) is 5.74. The number of methoxy groups -OCH3 is 1. The van der Waals surface area contributed by atoms with Gasteiger partial charge in [-0.05, 0) is 48.2 Å². The Hall–Kier alpha value is -2.63. The number of aromatic nitrogens is 1. The van der Waals surface area contributed by atoms with Crippen molar-refractivity contribution in [3.05, 3.63) is 71.1 Å². The van der Waals surface area contributed by atoms with E-state index < -0.39 is 0 Å². The first-order valence-corrected chi connectivity index (χ1v) is 10.4. The number of ether oxygens (including phenoxy) is 1. The van der Waals surface area contributed by atoms with E-state index in [4.69, 9.17) is 10.5 Å². The van der Waals surface area contributed by atoms with E-state index in [-0.39, 0.29) is 0 Å². The zero-order chi connectivity index (χ0) is 19.3. The number of nitrogens with two attached hydrogens (primary N) is 1. The number of anilines is 1. The van der Waals surface area contributed by atoms with Gasteiger partial charge in [-0.3, -0.25) is 4.90 Å². The molecule has 2 N–H and O–H groups in total. The molecule has 28 heavy (non-hydrogen) atoms. The van der Waals surface area contributed by atoms with Gasteiger partial charge in [0.2, 0.25) is 0 Å². The fourth-order valence-corrected chi connectivity index (χ4v) is 4.45. The van der Waals surface area contributed by atoms with E-state index in [0.717, 1.165) is 49.5 Å². The Labute approximate surface area is 170 Å². The lowest BCUT2D eigenvalue weighted by molar-refractivity contribution is 0.306. The van der Waals surface area contributed by atoms with Gasteiger partial charge >= 0.3 is 0 Å². The molecular formula is C23H25N3OS. The van der Waals surface area contributed by atoms with Crippen LogP contribution in [0.2, 0.25) is 0 Å². The quantitative estimate of drug-likeness (QED) is 0.660. The van der Waals surface area contributed by atoms with Crippen molar-refractivity contribution >= 4 is 22.0 Å². The highest BCUT2D eigenvalue weighted by Gasteiger charge is 2.16. The Morgan fingerprint density at radius 1 is 1.07 bits per heavy atom. The van der Waals surface area contributed by atoms with Crippen LogP contribution < -0.4 is 10.5 Å². The summed E-state index contributed by atoms with van der Waals surface area (Å²) in [6.07, 6.45) is 4.43. The lowest BCUT2D eigenvalue weighted by Gasteiger charge is -2.26. The molecule has 2 heterocycles. The van der Waals surface area contributed by atoms with Crippen molar-refractivity contribution in [1.82, 2.24) is 9.88 Å². The summed E-state index contributed by atoms with van der Waals surface area (Å²) in [5, 5.41) is 0.630. The SMILES string of the molecule is COc1ccc(-c2nc(N)sc2CCN2CC=C(c3ccccc3)CC2)cc1. The van der Waals surface area contributed by atoms with Gasteiger partial charge in [0.15, 0.2) is 5.13 Å². The standard InChI is InChI=1S/C23H25N3OS/c1-27-20-9-7-19(8-10-20)22-21(28-23(24)25-22)13-16-26-14-11-18(12-15-26)17-5-3-2-4-6-17/h2-11H,12-16H2,1H3,(H2,24,25). The molecule has 4 rings (SSSR count). The first kappa shape index (κ1) is 18.7. The summed E-state index contributed by atoms with van der Waals surface area (Å²) < 4.78 is 5.25. The second-order valence-electron chi connectivity index (χ2n) is 6.95. The first-order valence-electron chi connectivity index (χ1n) is 9.59. The van der Waals surface area contributed by atoms with Crippen LogP contribution in [0.3, 0.4) is 0 Å². The van der Waals surface area contributed by atoms with Crippen LogP contribution in [0.4, 0.5) is 5.13 Å². The normalized spacial score (nSPS) is 14.7. The molecule has 1 aliphatic heterocycles. The van der Waals surface area contributed by atoms with Gasteiger partial charge < -0.3 is 10.5 Å². The molecule has 3 aromatic rings. The monoisotopic (exact) mass is 391 g/mol. The van der Waals surface area contributed by atoms with Crippen LogP contribution >= 0.6 is 11.3 Å². The summed E-state index contributed by atoms with van der Waals surface area (Å²) in [6, 6.07) is 18.7. The Bertz CT molecular complexity index is 948. The molecule has 0 amide bonds. The minimum absolute atomic E-state index is 0.630. The molecule has 144 valence electrons. The molecular weight excluding hydrogens is 366 g/mol. The van der Waals surface area contributed by atoms with Crippen LogP contribution in [0.15, 0.2) is 60.7 Å². The second kappa shape index (κ2) is 8.59. The lowest BCUT2D eigenvalue weighted by atomic mass is 9.99. The summed E-state index contributed by atoms with van der Waals surface area (Å²) in [5.74, 6) is 0.850. The number of hydrogen-bond donors (Lipinski definition) is 1. The van der Waals surface area contributed by atoms with Gasteiger partial charge in [-0.25, -0.2) is 4.98 Å². The molecule has 2 aromatic carbocycles. The highest BCUT2D eigenvalue weighted by Crippen LogP contribution is 2.31. The maximum atomic E-state index is 6.02. The number of thiazole rings is 1. The third-order valence-electron chi connectivity index (χ3n) is 5.17. The topological polar surface area (TPSA) is 51.4 Å². The Morgan fingerprint density at radius 2 is 1.86 bits per heavy atom. The number of rotatable bonds is 6. The van der Waals surface area contributed by atoms with E-state index in [1.807, 2.05) is 24.3 Å². The molecule has 0 aliphatic carbocycles. The van der Waals surface area contributed by atoms with Crippen LogP contribution in [0.25, 0.3) is 16.8 Å². The van der Waals surface area contributed by atoms with E-state index in [1.54, 1.807) is 18.4 Å². The molecule has 5 heteroatoms. The van der Waals surface area contributed by atoms with Crippen LogP contribution in [0.5, 0.6) is 5.75 Å². The highest BCUT2D eigenvalue weighted by molar-refractivity contribution is 7.15. The Balaban J connectivity index is 1.41. The summed E-state index contributed by atoms with van der Waals surface area (Å²) in [4.78, 5) is 8.33. The predicted octanol–water partition coefficient (Wildman–Crippen LogP) is 4.73. The van der Waals surface area contributed by atoms with Gasteiger partial charge in [-0.1, -0.05) is 36.4 Å². The maximum absolute atomic E-state index is 6.02. The molecule has 0 fully saturated rings. The van der Waals surface area contributed by atoms with Crippen molar-refractivity contribution in [2.45, 2.75) is 12.8 Å². The van der Waals surface area contributed by atoms with E-state index >= 15 is 0 Å². The number of nitrogen functional groups attached to an aromatic ring is 1. The number of nitrogens with zero attached hydrogens (tertiary/aromatic N) is 2. The maximum Gasteiger partial charge on any atom is 0.180 e. The van der Waals surface area contributed by atoms with Gasteiger partial charge in [0, 0.05) is 30.1 Å². The van der Waals surface area contributed by atoms with Gasteiger partial charge in [0.25, 0.3) is 0 Å². The van der Waals surface area contributed by atoms with E-state index in [2.05, 4.69) is 46.3 Å². The molecule has 0 saturated heterocycles. The molecule has 0 bridgehead atoms. The van der Waals surface area contributed by atoms with E-state index in [1.165, 1.54) is 16.0 Å². The summed E-state index contributed by atoms with van der Waals surface area (Å²) in [6.45, 7) is 3.10. The largest absolute Gasteiger partial charge is 0.497 e.